The van der Waals surface area contributed by atoms with Crippen molar-refractivity contribution in [3.8, 4) is 5.75 Å². The van der Waals surface area contributed by atoms with E-state index in [1.165, 1.54) is 0 Å². The SMILES string of the molecule is O=c1oc2cc(CN3CCNCC3)c(O)cc2s1. The minimum Gasteiger partial charge on any atom is -0.508 e. The van der Waals surface area contributed by atoms with Crippen LogP contribution in [0.3, 0.4) is 0 Å². The fourth-order valence-corrected chi connectivity index (χ4v) is 2.87. The number of fused-ring (bicyclic) bond motifs is 1. The lowest BCUT2D eigenvalue weighted by molar-refractivity contribution is 0.230. The first-order valence-electron chi connectivity index (χ1n) is 5.91. The average Bonchev–Trinajstić information content (AvgIpc) is 2.70. The first-order valence-corrected chi connectivity index (χ1v) is 6.72. The molecule has 0 amide bonds. The maximum absolute atomic E-state index is 11.2. The summed E-state index contributed by atoms with van der Waals surface area (Å²) in [7, 11) is 0. The molecule has 18 heavy (non-hydrogen) atoms. The van der Waals surface area contributed by atoms with E-state index in [1.807, 2.05) is 0 Å². The van der Waals surface area contributed by atoms with E-state index in [9.17, 15) is 9.90 Å². The first kappa shape index (κ1) is 11.7. The number of nitrogens with one attached hydrogen (secondary N) is 1. The molecule has 0 saturated carbocycles. The summed E-state index contributed by atoms with van der Waals surface area (Å²) in [6.45, 7) is 4.55. The van der Waals surface area contributed by atoms with Crippen molar-refractivity contribution in [2.45, 2.75) is 6.54 Å². The molecule has 0 radical (unpaired) electrons. The number of phenols is 1. The van der Waals surface area contributed by atoms with Gasteiger partial charge in [-0.1, -0.05) is 11.3 Å². The molecule has 2 aromatic rings. The molecular formula is C12H14N2O3S. The lowest BCUT2D eigenvalue weighted by atomic mass is 10.1. The van der Waals surface area contributed by atoms with Crippen molar-refractivity contribution in [2.75, 3.05) is 26.2 Å². The molecular weight excluding hydrogens is 252 g/mol. The van der Waals surface area contributed by atoms with Gasteiger partial charge < -0.3 is 14.8 Å². The molecule has 1 aliphatic heterocycles. The van der Waals surface area contributed by atoms with Crippen LogP contribution in [-0.4, -0.2) is 36.2 Å². The van der Waals surface area contributed by atoms with Crippen molar-refractivity contribution < 1.29 is 9.52 Å². The van der Waals surface area contributed by atoms with Gasteiger partial charge in [0, 0.05) is 44.4 Å². The molecule has 1 aromatic heterocycles. The topological polar surface area (TPSA) is 65.7 Å². The fourth-order valence-electron chi connectivity index (χ4n) is 2.19. The molecule has 0 bridgehead atoms. The Bertz CT molecular complexity index is 613. The van der Waals surface area contributed by atoms with Gasteiger partial charge in [-0.3, -0.25) is 4.90 Å². The van der Waals surface area contributed by atoms with Crippen molar-refractivity contribution >= 4 is 21.6 Å². The number of hydrogen-bond donors (Lipinski definition) is 2. The predicted molar refractivity (Wildman–Crippen MR) is 70.2 cm³/mol. The molecule has 3 rings (SSSR count). The van der Waals surface area contributed by atoms with E-state index in [-0.39, 0.29) is 10.7 Å². The van der Waals surface area contributed by atoms with E-state index in [2.05, 4.69) is 10.2 Å². The molecule has 5 nitrogen and oxygen atoms in total. The van der Waals surface area contributed by atoms with Gasteiger partial charge in [-0.05, 0) is 6.07 Å². The molecule has 1 saturated heterocycles. The number of phenolic OH excluding ortho intramolecular Hbond substituents is 1. The van der Waals surface area contributed by atoms with Crippen LogP contribution in [0.4, 0.5) is 0 Å². The molecule has 0 atom stereocenters. The molecule has 1 aromatic carbocycles. The highest BCUT2D eigenvalue weighted by atomic mass is 32.1. The zero-order chi connectivity index (χ0) is 12.5. The zero-order valence-electron chi connectivity index (χ0n) is 9.81. The summed E-state index contributed by atoms with van der Waals surface area (Å²) < 4.78 is 5.77. The van der Waals surface area contributed by atoms with Crippen molar-refractivity contribution in [3.05, 3.63) is 27.4 Å². The Morgan fingerprint density at radius 3 is 2.94 bits per heavy atom. The lowest BCUT2D eigenvalue weighted by Gasteiger charge is -2.27. The largest absolute Gasteiger partial charge is 0.508 e. The third kappa shape index (κ3) is 2.27. The highest BCUT2D eigenvalue weighted by Crippen LogP contribution is 2.27. The number of rotatable bonds is 2. The van der Waals surface area contributed by atoms with Gasteiger partial charge in [0.05, 0.1) is 4.70 Å². The summed E-state index contributed by atoms with van der Waals surface area (Å²) in [6.07, 6.45) is 0. The third-order valence-electron chi connectivity index (χ3n) is 3.14. The Morgan fingerprint density at radius 2 is 2.17 bits per heavy atom. The molecule has 1 aliphatic rings. The molecule has 0 unspecified atom stereocenters. The highest BCUT2D eigenvalue weighted by Gasteiger charge is 2.14. The summed E-state index contributed by atoms with van der Waals surface area (Å²) in [4.78, 5) is 13.1. The number of aromatic hydroxyl groups is 1. The van der Waals surface area contributed by atoms with Gasteiger partial charge in [-0.2, -0.15) is 0 Å². The second kappa shape index (κ2) is 4.72. The van der Waals surface area contributed by atoms with E-state index in [1.54, 1.807) is 12.1 Å². The van der Waals surface area contributed by atoms with Crippen molar-refractivity contribution in [2.24, 2.45) is 0 Å². The normalized spacial score (nSPS) is 17.3. The number of piperazine rings is 1. The number of benzene rings is 1. The van der Waals surface area contributed by atoms with Crippen molar-refractivity contribution in [1.29, 1.82) is 0 Å². The molecule has 6 heteroatoms. The van der Waals surface area contributed by atoms with E-state index >= 15 is 0 Å². The van der Waals surface area contributed by atoms with Crippen LogP contribution in [0, 0.1) is 0 Å². The molecule has 0 aliphatic carbocycles. The van der Waals surface area contributed by atoms with Crippen LogP contribution in [0.25, 0.3) is 10.3 Å². The standard InChI is InChI=1S/C12H14N2O3S/c15-9-6-11-10(17-12(16)18-11)5-8(9)7-14-3-1-13-2-4-14/h5-6,13,15H,1-4,7H2. The van der Waals surface area contributed by atoms with Gasteiger partial charge in [0.15, 0.2) is 0 Å². The van der Waals surface area contributed by atoms with Crippen LogP contribution < -0.4 is 10.3 Å². The monoisotopic (exact) mass is 266 g/mol. The summed E-state index contributed by atoms with van der Waals surface area (Å²) in [5.74, 6) is 0.234. The third-order valence-corrected chi connectivity index (χ3v) is 3.92. The average molecular weight is 266 g/mol. The van der Waals surface area contributed by atoms with Crippen molar-refractivity contribution in [1.82, 2.24) is 10.2 Å². The Hall–Kier alpha value is -1.37. The van der Waals surface area contributed by atoms with Gasteiger partial charge in [-0.25, -0.2) is 4.79 Å². The predicted octanol–water partition coefficient (Wildman–Crippen LogP) is 0.965. The summed E-state index contributed by atoms with van der Waals surface area (Å²) in [6, 6.07) is 3.38. The van der Waals surface area contributed by atoms with Crippen LogP contribution in [0.2, 0.25) is 0 Å². The summed E-state index contributed by atoms with van der Waals surface area (Å²) in [5, 5.41) is 13.3. The van der Waals surface area contributed by atoms with Gasteiger partial charge >= 0.3 is 4.94 Å². The Labute approximate surface area is 108 Å². The van der Waals surface area contributed by atoms with Crippen LogP contribution in [0.15, 0.2) is 21.3 Å². The van der Waals surface area contributed by atoms with E-state index in [0.29, 0.717) is 16.8 Å². The summed E-state index contributed by atoms with van der Waals surface area (Å²) in [5.41, 5.74) is 1.37. The fraction of sp³-hybridized carbons (Fsp3) is 0.417. The first-order chi connectivity index (χ1) is 8.72. The molecule has 2 heterocycles. The van der Waals surface area contributed by atoms with Crippen LogP contribution in [0.1, 0.15) is 5.56 Å². The highest BCUT2D eigenvalue weighted by molar-refractivity contribution is 7.16. The summed E-state index contributed by atoms with van der Waals surface area (Å²) >= 11 is 1.02. The maximum Gasteiger partial charge on any atom is 0.396 e. The Kier molecular flexibility index (Phi) is 3.07. The Balaban J connectivity index is 1.90. The van der Waals surface area contributed by atoms with Crippen LogP contribution in [0.5, 0.6) is 5.75 Å². The molecule has 2 N–H and O–H groups in total. The minimum atomic E-state index is -0.330. The van der Waals surface area contributed by atoms with Gasteiger partial charge in [0.25, 0.3) is 0 Å². The molecule has 0 spiro atoms. The van der Waals surface area contributed by atoms with Gasteiger partial charge in [-0.15, -0.1) is 0 Å². The zero-order valence-corrected chi connectivity index (χ0v) is 10.6. The second-order valence-corrected chi connectivity index (χ2v) is 5.39. The minimum absolute atomic E-state index is 0.234. The van der Waals surface area contributed by atoms with Gasteiger partial charge in [0.1, 0.15) is 11.3 Å². The molecule has 1 fully saturated rings. The smallest absolute Gasteiger partial charge is 0.396 e. The number of nitrogens with zero attached hydrogens (tertiary/aromatic N) is 1. The number of hydrogen-bond acceptors (Lipinski definition) is 6. The Morgan fingerprint density at radius 1 is 1.39 bits per heavy atom. The van der Waals surface area contributed by atoms with Crippen molar-refractivity contribution in [3.63, 3.8) is 0 Å². The maximum atomic E-state index is 11.2. The van der Waals surface area contributed by atoms with Crippen LogP contribution >= 0.6 is 11.3 Å². The van der Waals surface area contributed by atoms with E-state index < -0.39 is 0 Å². The molecule has 96 valence electrons. The van der Waals surface area contributed by atoms with Crippen LogP contribution in [-0.2, 0) is 6.54 Å². The van der Waals surface area contributed by atoms with E-state index in [4.69, 9.17) is 4.42 Å². The van der Waals surface area contributed by atoms with E-state index in [0.717, 1.165) is 43.1 Å². The van der Waals surface area contributed by atoms with Gasteiger partial charge in [0.2, 0.25) is 0 Å². The quantitative estimate of drug-likeness (QED) is 0.847. The lowest BCUT2D eigenvalue weighted by Crippen LogP contribution is -2.42. The second-order valence-electron chi connectivity index (χ2n) is 4.41.